The topological polar surface area (TPSA) is 64.8 Å². The van der Waals surface area contributed by atoms with Crippen LogP contribution >= 0.6 is 11.6 Å². The van der Waals surface area contributed by atoms with Crippen LogP contribution in [0.25, 0.3) is 0 Å². The highest BCUT2D eigenvalue weighted by Crippen LogP contribution is 2.26. The summed E-state index contributed by atoms with van der Waals surface area (Å²) in [5.74, 6) is 0.545. The van der Waals surface area contributed by atoms with Crippen LogP contribution in [-0.2, 0) is 4.74 Å². The molecule has 0 heterocycles. The van der Waals surface area contributed by atoms with Crippen LogP contribution in [-0.4, -0.2) is 35.8 Å². The van der Waals surface area contributed by atoms with Gasteiger partial charge < -0.3 is 20.1 Å². The van der Waals surface area contributed by atoms with Gasteiger partial charge in [-0.2, -0.15) is 0 Å². The van der Waals surface area contributed by atoms with E-state index in [4.69, 9.17) is 26.8 Å². The number of carbonyl (C=O) groups excluding carboxylic acids is 1. The van der Waals surface area contributed by atoms with Crippen LogP contribution in [0, 0.1) is 0 Å². The Labute approximate surface area is 137 Å². The Hall–Kier alpha value is -1.62. The zero-order valence-corrected chi connectivity index (χ0v) is 14.6. The van der Waals surface area contributed by atoms with Crippen molar-refractivity contribution in [3.8, 4) is 5.75 Å². The highest BCUT2D eigenvalue weighted by Gasteiger charge is 2.24. The maximum atomic E-state index is 12.2. The predicted molar refractivity (Wildman–Crippen MR) is 89.4 cm³/mol. The molecule has 0 fully saturated rings. The van der Waals surface area contributed by atoms with Gasteiger partial charge in [0.1, 0.15) is 18.0 Å². The third kappa shape index (κ3) is 6.02. The van der Waals surface area contributed by atoms with Crippen molar-refractivity contribution in [3.05, 3.63) is 23.2 Å². The first-order valence-electron chi connectivity index (χ1n) is 7.27. The third-order valence-electron chi connectivity index (χ3n) is 2.80. The van der Waals surface area contributed by atoms with Crippen molar-refractivity contribution >= 4 is 23.4 Å². The molecule has 5 nitrogen and oxygen atoms in total. The van der Waals surface area contributed by atoms with Crippen molar-refractivity contribution < 1.29 is 14.3 Å². The number of halogens is 1. The van der Waals surface area contributed by atoms with Gasteiger partial charge in [-0.05, 0) is 52.8 Å². The Morgan fingerprint density at radius 1 is 1.36 bits per heavy atom. The smallest absolute Gasteiger partial charge is 0.410 e. The third-order valence-corrected chi connectivity index (χ3v) is 3.09. The van der Waals surface area contributed by atoms with Gasteiger partial charge in [-0.15, -0.1) is 0 Å². The van der Waals surface area contributed by atoms with Crippen LogP contribution in [0.1, 0.15) is 34.6 Å². The number of anilines is 1. The molecule has 0 aliphatic heterocycles. The molecule has 1 amide bonds. The number of ether oxygens (including phenoxy) is 2. The van der Waals surface area contributed by atoms with E-state index < -0.39 is 5.60 Å². The first-order chi connectivity index (χ1) is 10.1. The molecule has 1 rings (SSSR count). The van der Waals surface area contributed by atoms with Crippen LogP contribution in [0.2, 0.25) is 5.02 Å². The first kappa shape index (κ1) is 18.4. The summed E-state index contributed by atoms with van der Waals surface area (Å²) in [5.41, 5.74) is 5.69. The van der Waals surface area contributed by atoms with E-state index in [1.54, 1.807) is 23.1 Å². The summed E-state index contributed by atoms with van der Waals surface area (Å²) in [6.45, 7) is 10.1. The van der Waals surface area contributed by atoms with Gasteiger partial charge in [0.15, 0.2) is 0 Å². The number of carbonyl (C=O) groups is 1. The van der Waals surface area contributed by atoms with Crippen LogP contribution in [0.3, 0.4) is 0 Å². The molecule has 0 bridgehead atoms. The van der Waals surface area contributed by atoms with Crippen LogP contribution in [0.4, 0.5) is 10.5 Å². The Balaban J connectivity index is 2.60. The molecule has 0 unspecified atom stereocenters. The number of nitrogen functional groups attached to an aromatic ring is 1. The molecule has 22 heavy (non-hydrogen) atoms. The van der Waals surface area contributed by atoms with Gasteiger partial charge in [0.2, 0.25) is 0 Å². The van der Waals surface area contributed by atoms with Gasteiger partial charge in [0.05, 0.1) is 11.6 Å². The zero-order chi connectivity index (χ0) is 16.9. The minimum absolute atomic E-state index is 0.0142. The molecule has 0 aliphatic rings. The summed E-state index contributed by atoms with van der Waals surface area (Å²) in [6.07, 6.45) is -0.352. The minimum atomic E-state index is -0.522. The van der Waals surface area contributed by atoms with Gasteiger partial charge in [0, 0.05) is 11.7 Å². The van der Waals surface area contributed by atoms with Crippen molar-refractivity contribution in [2.24, 2.45) is 0 Å². The van der Waals surface area contributed by atoms with Gasteiger partial charge in [-0.1, -0.05) is 11.6 Å². The molecule has 2 N–H and O–H groups in total. The van der Waals surface area contributed by atoms with E-state index in [1.807, 2.05) is 34.6 Å². The highest BCUT2D eigenvalue weighted by atomic mass is 35.5. The highest BCUT2D eigenvalue weighted by molar-refractivity contribution is 6.32. The number of rotatable bonds is 5. The van der Waals surface area contributed by atoms with E-state index in [-0.39, 0.29) is 12.1 Å². The maximum Gasteiger partial charge on any atom is 0.410 e. The van der Waals surface area contributed by atoms with Gasteiger partial charge >= 0.3 is 6.09 Å². The van der Waals surface area contributed by atoms with Crippen LogP contribution < -0.4 is 10.5 Å². The fraction of sp³-hybridized carbons (Fsp3) is 0.562. The molecule has 1 aromatic carbocycles. The molecule has 0 saturated heterocycles. The van der Waals surface area contributed by atoms with E-state index >= 15 is 0 Å². The van der Waals surface area contributed by atoms with E-state index in [1.165, 1.54) is 0 Å². The van der Waals surface area contributed by atoms with Gasteiger partial charge in [0.25, 0.3) is 0 Å². The maximum absolute atomic E-state index is 12.2. The molecule has 124 valence electrons. The van der Waals surface area contributed by atoms with Crippen molar-refractivity contribution in [2.45, 2.75) is 46.3 Å². The Morgan fingerprint density at radius 3 is 2.50 bits per heavy atom. The number of hydrogen-bond acceptors (Lipinski definition) is 4. The van der Waals surface area contributed by atoms with Crippen molar-refractivity contribution in [1.82, 2.24) is 4.90 Å². The van der Waals surface area contributed by atoms with Crippen molar-refractivity contribution in [1.29, 1.82) is 0 Å². The van der Waals surface area contributed by atoms with Gasteiger partial charge in [-0.3, -0.25) is 0 Å². The fourth-order valence-corrected chi connectivity index (χ4v) is 2.01. The Kier molecular flexibility index (Phi) is 6.35. The first-order valence-corrected chi connectivity index (χ1v) is 7.65. The lowest BCUT2D eigenvalue weighted by Gasteiger charge is -2.30. The summed E-state index contributed by atoms with van der Waals surface area (Å²) in [4.78, 5) is 13.8. The van der Waals surface area contributed by atoms with E-state index in [0.717, 1.165) is 0 Å². The quantitative estimate of drug-likeness (QED) is 0.831. The molecular formula is C16H25ClN2O3. The summed E-state index contributed by atoms with van der Waals surface area (Å²) in [6, 6.07) is 5.07. The molecule has 0 aliphatic carbocycles. The normalized spacial score (nSPS) is 11.4. The number of nitrogens with two attached hydrogens (primary N) is 1. The molecule has 0 saturated carbocycles. The SMILES string of the molecule is CC(C)N(CCOc1ccc(N)cc1Cl)C(=O)OC(C)(C)C. The second-order valence-electron chi connectivity index (χ2n) is 6.31. The number of amides is 1. The molecule has 0 radical (unpaired) electrons. The number of hydrogen-bond donors (Lipinski definition) is 1. The zero-order valence-electron chi connectivity index (χ0n) is 13.9. The monoisotopic (exact) mass is 328 g/mol. The summed E-state index contributed by atoms with van der Waals surface area (Å²) < 4.78 is 11.0. The Morgan fingerprint density at radius 2 is 2.00 bits per heavy atom. The number of nitrogens with zero attached hydrogens (tertiary/aromatic N) is 1. The largest absolute Gasteiger partial charge is 0.490 e. The summed E-state index contributed by atoms with van der Waals surface area (Å²) in [5, 5.41) is 0.452. The van der Waals surface area contributed by atoms with Crippen molar-refractivity contribution in [3.63, 3.8) is 0 Å². The molecular weight excluding hydrogens is 304 g/mol. The predicted octanol–water partition coefficient (Wildman–Crippen LogP) is 3.95. The average Bonchev–Trinajstić information content (AvgIpc) is 2.33. The van der Waals surface area contributed by atoms with E-state index in [2.05, 4.69) is 0 Å². The molecule has 0 spiro atoms. The summed E-state index contributed by atoms with van der Waals surface area (Å²) >= 11 is 6.05. The van der Waals surface area contributed by atoms with Crippen LogP contribution in [0.15, 0.2) is 18.2 Å². The lowest BCUT2D eigenvalue weighted by atomic mass is 10.2. The van der Waals surface area contributed by atoms with Gasteiger partial charge in [-0.25, -0.2) is 4.79 Å². The molecule has 0 aromatic heterocycles. The Bertz CT molecular complexity index is 513. The average molecular weight is 329 g/mol. The molecule has 6 heteroatoms. The van der Waals surface area contributed by atoms with E-state index in [0.29, 0.717) is 29.6 Å². The lowest BCUT2D eigenvalue weighted by Crippen LogP contribution is -2.43. The number of benzene rings is 1. The van der Waals surface area contributed by atoms with Crippen LogP contribution in [0.5, 0.6) is 5.75 Å². The standard InChI is InChI=1S/C16H25ClN2O3/c1-11(2)19(15(20)22-16(3,4)5)8-9-21-14-7-6-12(18)10-13(14)17/h6-7,10-11H,8-9,18H2,1-5H3. The van der Waals surface area contributed by atoms with E-state index in [9.17, 15) is 4.79 Å². The molecule has 1 aromatic rings. The molecule has 0 atom stereocenters. The second-order valence-corrected chi connectivity index (χ2v) is 6.71. The minimum Gasteiger partial charge on any atom is -0.490 e. The summed E-state index contributed by atoms with van der Waals surface area (Å²) in [7, 11) is 0. The second kappa shape index (κ2) is 7.58. The fourth-order valence-electron chi connectivity index (χ4n) is 1.77. The lowest BCUT2D eigenvalue weighted by molar-refractivity contribution is 0.0164. The van der Waals surface area contributed by atoms with Crippen molar-refractivity contribution in [2.75, 3.05) is 18.9 Å².